The Hall–Kier alpha value is -2.35. The van der Waals surface area contributed by atoms with Crippen LogP contribution in [0.2, 0.25) is 0 Å². The van der Waals surface area contributed by atoms with Crippen LogP contribution < -0.4 is 9.57 Å². The number of benzene rings is 2. The SMILES string of the molecule is Cc1cccc(O[n+]2ccc3ccccc3c2)c1. The maximum atomic E-state index is 5.78. The van der Waals surface area contributed by atoms with Gasteiger partial charge in [-0.1, -0.05) is 30.3 Å². The van der Waals surface area contributed by atoms with Crippen molar-refractivity contribution in [1.82, 2.24) is 0 Å². The minimum Gasteiger partial charge on any atom is -0.232 e. The van der Waals surface area contributed by atoms with E-state index in [1.165, 1.54) is 10.9 Å². The molecule has 0 aliphatic rings. The fourth-order valence-electron chi connectivity index (χ4n) is 1.96. The summed E-state index contributed by atoms with van der Waals surface area (Å²) in [6, 6.07) is 18.3. The molecule has 0 spiro atoms. The molecule has 3 aromatic rings. The molecule has 0 amide bonds. The quantitative estimate of drug-likeness (QED) is 0.622. The van der Waals surface area contributed by atoms with Gasteiger partial charge in [0.05, 0.1) is 5.39 Å². The standard InChI is InChI=1S/C16H14NO/c1-13-5-4-8-16(11-13)18-17-10-9-14-6-2-3-7-15(14)12-17/h2-12H,1H3/q+1. The zero-order valence-corrected chi connectivity index (χ0v) is 10.2. The van der Waals surface area contributed by atoms with Crippen LogP contribution in [0.4, 0.5) is 0 Å². The second-order valence-corrected chi connectivity index (χ2v) is 4.34. The van der Waals surface area contributed by atoms with Crippen LogP contribution in [0, 0.1) is 6.92 Å². The van der Waals surface area contributed by atoms with Crippen molar-refractivity contribution in [2.24, 2.45) is 0 Å². The number of rotatable bonds is 2. The molecule has 18 heavy (non-hydrogen) atoms. The van der Waals surface area contributed by atoms with Crippen LogP contribution in [0.1, 0.15) is 5.56 Å². The lowest BCUT2D eigenvalue weighted by atomic mass is 10.2. The Morgan fingerprint density at radius 2 is 1.72 bits per heavy atom. The van der Waals surface area contributed by atoms with E-state index >= 15 is 0 Å². The van der Waals surface area contributed by atoms with E-state index in [0.717, 1.165) is 11.1 Å². The molecule has 0 fully saturated rings. The second-order valence-electron chi connectivity index (χ2n) is 4.34. The minimum atomic E-state index is 0.843. The molecule has 3 rings (SSSR count). The maximum absolute atomic E-state index is 5.78. The summed E-state index contributed by atoms with van der Waals surface area (Å²) in [6.45, 7) is 2.05. The zero-order chi connectivity index (χ0) is 12.4. The minimum absolute atomic E-state index is 0.843. The van der Waals surface area contributed by atoms with Crippen LogP contribution in [0.3, 0.4) is 0 Å². The van der Waals surface area contributed by atoms with E-state index in [1.807, 2.05) is 48.8 Å². The average molecular weight is 236 g/mol. The number of aromatic nitrogens is 1. The Bertz CT molecular complexity index is 691. The predicted molar refractivity (Wildman–Crippen MR) is 71.3 cm³/mol. The first-order chi connectivity index (χ1) is 8.81. The molecule has 0 saturated heterocycles. The van der Waals surface area contributed by atoms with Gasteiger partial charge in [0.15, 0.2) is 0 Å². The zero-order valence-electron chi connectivity index (χ0n) is 10.2. The molecule has 0 radical (unpaired) electrons. The van der Waals surface area contributed by atoms with E-state index < -0.39 is 0 Å². The topological polar surface area (TPSA) is 13.1 Å². The summed E-state index contributed by atoms with van der Waals surface area (Å²) in [4.78, 5) is 5.78. The Kier molecular flexibility index (Phi) is 2.69. The summed E-state index contributed by atoms with van der Waals surface area (Å²) in [5, 5.41) is 2.37. The normalized spacial score (nSPS) is 10.5. The van der Waals surface area contributed by atoms with Crippen molar-refractivity contribution in [2.45, 2.75) is 6.92 Å². The molecule has 0 N–H and O–H groups in total. The highest BCUT2D eigenvalue weighted by Crippen LogP contribution is 2.13. The molecule has 2 heteroatoms. The Balaban J connectivity index is 1.95. The number of aryl methyl sites for hydroxylation is 1. The highest BCUT2D eigenvalue weighted by Gasteiger charge is 2.05. The van der Waals surface area contributed by atoms with E-state index in [-0.39, 0.29) is 0 Å². The summed E-state index contributed by atoms with van der Waals surface area (Å²) in [5.41, 5.74) is 1.19. The lowest BCUT2D eigenvalue weighted by molar-refractivity contribution is -0.874. The van der Waals surface area contributed by atoms with E-state index in [4.69, 9.17) is 4.84 Å². The van der Waals surface area contributed by atoms with Crippen LogP contribution in [0.25, 0.3) is 10.8 Å². The van der Waals surface area contributed by atoms with Crippen molar-refractivity contribution in [3.63, 3.8) is 0 Å². The first kappa shape index (κ1) is 10.8. The number of fused-ring (bicyclic) bond motifs is 1. The van der Waals surface area contributed by atoms with Crippen molar-refractivity contribution in [3.8, 4) is 5.75 Å². The summed E-state index contributed by atoms with van der Waals surface area (Å²) in [5.74, 6) is 0.843. The Labute approximate surface area is 106 Å². The largest absolute Gasteiger partial charge is 0.232 e. The van der Waals surface area contributed by atoms with Gasteiger partial charge >= 0.3 is 0 Å². The molecular formula is C16H14NO+. The smallest absolute Gasteiger partial charge is 0.230 e. The number of hydrogen-bond donors (Lipinski definition) is 0. The third kappa shape index (κ3) is 2.18. The summed E-state index contributed by atoms with van der Waals surface area (Å²) in [6.07, 6.45) is 3.91. The first-order valence-electron chi connectivity index (χ1n) is 5.96. The maximum Gasteiger partial charge on any atom is 0.230 e. The third-order valence-corrected chi connectivity index (χ3v) is 2.86. The highest BCUT2D eigenvalue weighted by atomic mass is 16.7. The number of pyridine rings is 1. The summed E-state index contributed by atoms with van der Waals surface area (Å²) < 4.78 is 1.73. The molecule has 2 aromatic carbocycles. The summed E-state index contributed by atoms with van der Waals surface area (Å²) >= 11 is 0. The Morgan fingerprint density at radius 3 is 2.56 bits per heavy atom. The summed E-state index contributed by atoms with van der Waals surface area (Å²) in [7, 11) is 0. The molecule has 0 unspecified atom stereocenters. The van der Waals surface area contributed by atoms with Crippen LogP contribution in [0.5, 0.6) is 5.75 Å². The van der Waals surface area contributed by atoms with Crippen LogP contribution in [-0.4, -0.2) is 0 Å². The van der Waals surface area contributed by atoms with E-state index in [9.17, 15) is 0 Å². The molecular weight excluding hydrogens is 222 g/mol. The van der Waals surface area contributed by atoms with Gasteiger partial charge in [-0.05, 0) is 36.1 Å². The van der Waals surface area contributed by atoms with E-state index in [2.05, 4.69) is 25.1 Å². The highest BCUT2D eigenvalue weighted by molar-refractivity contribution is 5.80. The van der Waals surface area contributed by atoms with Gasteiger partial charge in [-0.15, -0.1) is 0 Å². The monoisotopic (exact) mass is 236 g/mol. The van der Waals surface area contributed by atoms with Gasteiger partial charge < -0.3 is 0 Å². The average Bonchev–Trinajstić information content (AvgIpc) is 2.39. The van der Waals surface area contributed by atoms with Gasteiger partial charge in [-0.2, -0.15) is 0 Å². The third-order valence-electron chi connectivity index (χ3n) is 2.86. The van der Waals surface area contributed by atoms with Crippen molar-refractivity contribution in [1.29, 1.82) is 0 Å². The van der Waals surface area contributed by atoms with E-state index in [0.29, 0.717) is 0 Å². The van der Waals surface area contributed by atoms with Gasteiger partial charge in [-0.25, -0.2) is 4.84 Å². The fourth-order valence-corrected chi connectivity index (χ4v) is 1.96. The van der Waals surface area contributed by atoms with Crippen molar-refractivity contribution in [3.05, 3.63) is 72.6 Å². The number of hydrogen-bond acceptors (Lipinski definition) is 1. The molecule has 1 heterocycles. The van der Waals surface area contributed by atoms with Crippen molar-refractivity contribution < 1.29 is 9.57 Å². The lowest BCUT2D eigenvalue weighted by Crippen LogP contribution is -2.38. The van der Waals surface area contributed by atoms with Crippen LogP contribution >= 0.6 is 0 Å². The van der Waals surface area contributed by atoms with Crippen molar-refractivity contribution in [2.75, 3.05) is 0 Å². The van der Waals surface area contributed by atoms with Crippen molar-refractivity contribution >= 4 is 10.8 Å². The molecule has 0 bridgehead atoms. The Morgan fingerprint density at radius 1 is 0.889 bits per heavy atom. The van der Waals surface area contributed by atoms with Gasteiger partial charge in [0, 0.05) is 10.8 Å². The second kappa shape index (κ2) is 4.49. The molecule has 1 aromatic heterocycles. The van der Waals surface area contributed by atoms with Crippen LogP contribution in [0.15, 0.2) is 67.0 Å². The molecule has 88 valence electrons. The molecule has 0 atom stereocenters. The molecule has 0 saturated carbocycles. The molecule has 2 nitrogen and oxygen atoms in total. The van der Waals surface area contributed by atoms with E-state index in [1.54, 1.807) is 4.73 Å². The molecule has 0 aliphatic heterocycles. The van der Waals surface area contributed by atoms with Gasteiger partial charge in [-0.3, -0.25) is 0 Å². The fraction of sp³-hybridized carbons (Fsp3) is 0.0625. The molecule has 0 aliphatic carbocycles. The predicted octanol–water partition coefficient (Wildman–Crippen LogP) is 3.28. The number of nitrogens with zero attached hydrogens (tertiary/aromatic N) is 1. The first-order valence-corrected chi connectivity index (χ1v) is 5.96. The van der Waals surface area contributed by atoms with Gasteiger partial charge in [0.1, 0.15) is 0 Å². The van der Waals surface area contributed by atoms with Gasteiger partial charge in [0.25, 0.3) is 0 Å². The van der Waals surface area contributed by atoms with Crippen LogP contribution in [-0.2, 0) is 0 Å². The van der Waals surface area contributed by atoms with Gasteiger partial charge in [0.2, 0.25) is 18.1 Å². The lowest BCUT2D eigenvalue weighted by Gasteiger charge is -2.00.